The Labute approximate surface area is 180 Å². The molecule has 1 aliphatic heterocycles. The zero-order chi connectivity index (χ0) is 21.5. The molecule has 8 nitrogen and oxygen atoms in total. The smallest absolute Gasteiger partial charge is 0.408 e. The Morgan fingerprint density at radius 3 is 2.67 bits per heavy atom. The Bertz CT molecular complexity index is 835. The standard InChI is InChI=1S/C21H28N4O4S/c1-14-9-25(10-15(2)29-14)11-18-13-30-20(23-18)24-19(26)16(3)22-21(27)28-12-17-7-5-4-6-8-17/h4-8,13-16H,9-12H2,1-3H3,(H,22,27)(H,23,24,26). The minimum atomic E-state index is -0.749. The van der Waals surface area contributed by atoms with Gasteiger partial charge in [0.15, 0.2) is 5.13 Å². The fourth-order valence-corrected chi connectivity index (χ4v) is 4.00. The zero-order valence-corrected chi connectivity index (χ0v) is 18.3. The average molecular weight is 433 g/mol. The first-order valence-electron chi connectivity index (χ1n) is 9.99. The topological polar surface area (TPSA) is 92.8 Å². The van der Waals surface area contributed by atoms with E-state index in [1.807, 2.05) is 35.7 Å². The van der Waals surface area contributed by atoms with Crippen molar-refractivity contribution in [1.82, 2.24) is 15.2 Å². The number of carbonyl (C=O) groups excluding carboxylic acids is 2. The van der Waals surface area contributed by atoms with Gasteiger partial charge in [-0.05, 0) is 26.3 Å². The number of amides is 2. The highest BCUT2D eigenvalue weighted by Gasteiger charge is 2.23. The van der Waals surface area contributed by atoms with E-state index < -0.39 is 12.1 Å². The number of nitrogens with one attached hydrogen (secondary N) is 2. The van der Waals surface area contributed by atoms with Crippen molar-refractivity contribution in [3.8, 4) is 0 Å². The normalized spacial score (nSPS) is 20.4. The number of hydrogen-bond acceptors (Lipinski definition) is 7. The Morgan fingerprint density at radius 1 is 1.27 bits per heavy atom. The Hall–Kier alpha value is -2.49. The van der Waals surface area contributed by atoms with Crippen molar-refractivity contribution in [3.63, 3.8) is 0 Å². The van der Waals surface area contributed by atoms with Gasteiger partial charge in [-0.1, -0.05) is 30.3 Å². The van der Waals surface area contributed by atoms with Crippen molar-refractivity contribution >= 4 is 28.5 Å². The minimum Gasteiger partial charge on any atom is -0.445 e. The lowest BCUT2D eigenvalue weighted by Gasteiger charge is -2.34. The predicted molar refractivity (Wildman–Crippen MR) is 115 cm³/mol. The third-order valence-corrected chi connectivity index (χ3v) is 5.41. The van der Waals surface area contributed by atoms with Gasteiger partial charge < -0.3 is 20.1 Å². The van der Waals surface area contributed by atoms with Gasteiger partial charge in [0.25, 0.3) is 0 Å². The van der Waals surface area contributed by atoms with E-state index in [0.717, 1.165) is 24.3 Å². The van der Waals surface area contributed by atoms with E-state index in [2.05, 4.69) is 34.4 Å². The molecule has 3 unspecified atom stereocenters. The molecular formula is C21H28N4O4S. The number of morpholine rings is 1. The number of ether oxygens (including phenoxy) is 2. The van der Waals surface area contributed by atoms with Crippen LogP contribution in [0, 0.1) is 0 Å². The van der Waals surface area contributed by atoms with Crippen LogP contribution in [0.5, 0.6) is 0 Å². The zero-order valence-electron chi connectivity index (χ0n) is 17.5. The molecule has 1 aromatic carbocycles. The van der Waals surface area contributed by atoms with Gasteiger partial charge in [-0.3, -0.25) is 9.69 Å². The van der Waals surface area contributed by atoms with Crippen LogP contribution in [0.15, 0.2) is 35.7 Å². The van der Waals surface area contributed by atoms with Crippen molar-refractivity contribution in [2.45, 2.75) is 52.2 Å². The third kappa shape index (κ3) is 6.79. The first-order chi connectivity index (χ1) is 14.4. The van der Waals surface area contributed by atoms with Crippen molar-refractivity contribution in [1.29, 1.82) is 0 Å². The van der Waals surface area contributed by atoms with E-state index in [9.17, 15) is 9.59 Å². The number of benzene rings is 1. The molecule has 0 aliphatic carbocycles. The molecule has 3 atom stereocenters. The maximum Gasteiger partial charge on any atom is 0.408 e. The van der Waals surface area contributed by atoms with Crippen LogP contribution in [0.1, 0.15) is 32.0 Å². The molecule has 0 spiro atoms. The maximum atomic E-state index is 12.4. The molecule has 1 saturated heterocycles. The molecule has 9 heteroatoms. The van der Waals surface area contributed by atoms with E-state index in [1.54, 1.807) is 6.92 Å². The van der Waals surface area contributed by atoms with E-state index in [4.69, 9.17) is 9.47 Å². The molecule has 2 heterocycles. The van der Waals surface area contributed by atoms with Crippen LogP contribution in [0.2, 0.25) is 0 Å². The first kappa shape index (κ1) is 22.2. The number of nitrogens with zero attached hydrogens (tertiary/aromatic N) is 2. The highest BCUT2D eigenvalue weighted by atomic mass is 32.1. The molecule has 2 N–H and O–H groups in total. The second kappa shape index (κ2) is 10.5. The fraction of sp³-hybridized carbons (Fsp3) is 0.476. The molecule has 162 valence electrons. The lowest BCUT2D eigenvalue weighted by molar-refractivity contribution is -0.117. The van der Waals surface area contributed by atoms with Gasteiger partial charge in [0.05, 0.1) is 17.9 Å². The van der Waals surface area contributed by atoms with Crippen LogP contribution in [0.3, 0.4) is 0 Å². The summed E-state index contributed by atoms with van der Waals surface area (Å²) >= 11 is 1.37. The number of rotatable bonds is 7. The quantitative estimate of drug-likeness (QED) is 0.699. The van der Waals surface area contributed by atoms with Crippen LogP contribution >= 0.6 is 11.3 Å². The summed E-state index contributed by atoms with van der Waals surface area (Å²) in [5.41, 5.74) is 1.78. The van der Waals surface area contributed by atoms with E-state index in [0.29, 0.717) is 11.7 Å². The summed E-state index contributed by atoms with van der Waals surface area (Å²) in [6, 6.07) is 8.61. The SMILES string of the molecule is CC1CN(Cc2csc(NC(=O)C(C)NC(=O)OCc3ccccc3)n2)CC(C)O1. The van der Waals surface area contributed by atoms with Crippen molar-refractivity contribution in [2.75, 3.05) is 18.4 Å². The number of alkyl carbamates (subject to hydrolysis) is 1. The summed E-state index contributed by atoms with van der Waals surface area (Å²) in [4.78, 5) is 31.1. The van der Waals surface area contributed by atoms with Gasteiger partial charge in [-0.2, -0.15) is 0 Å². The lowest BCUT2D eigenvalue weighted by Crippen LogP contribution is -2.44. The van der Waals surface area contributed by atoms with Crippen molar-refractivity contribution in [2.24, 2.45) is 0 Å². The molecule has 30 heavy (non-hydrogen) atoms. The summed E-state index contributed by atoms with van der Waals surface area (Å²) in [5, 5.41) is 7.73. The monoisotopic (exact) mass is 432 g/mol. The second-order valence-corrected chi connectivity index (χ2v) is 8.37. The van der Waals surface area contributed by atoms with Gasteiger partial charge >= 0.3 is 6.09 Å². The van der Waals surface area contributed by atoms with Gasteiger partial charge in [0.1, 0.15) is 12.6 Å². The van der Waals surface area contributed by atoms with E-state index in [1.165, 1.54) is 11.3 Å². The Balaban J connectivity index is 1.43. The largest absolute Gasteiger partial charge is 0.445 e. The fourth-order valence-electron chi connectivity index (χ4n) is 3.30. The second-order valence-electron chi connectivity index (χ2n) is 7.51. The summed E-state index contributed by atoms with van der Waals surface area (Å²) < 4.78 is 10.9. The lowest BCUT2D eigenvalue weighted by atomic mass is 10.2. The number of anilines is 1. The van der Waals surface area contributed by atoms with Crippen LogP contribution in [0.25, 0.3) is 0 Å². The van der Waals surface area contributed by atoms with Gasteiger partial charge in [0, 0.05) is 25.0 Å². The van der Waals surface area contributed by atoms with Crippen molar-refractivity contribution < 1.29 is 19.1 Å². The van der Waals surface area contributed by atoms with E-state index >= 15 is 0 Å². The van der Waals surface area contributed by atoms with Crippen LogP contribution < -0.4 is 10.6 Å². The number of hydrogen-bond donors (Lipinski definition) is 2. The molecule has 0 saturated carbocycles. The Morgan fingerprint density at radius 2 is 1.97 bits per heavy atom. The molecule has 0 radical (unpaired) electrons. The van der Waals surface area contributed by atoms with Crippen LogP contribution in [0.4, 0.5) is 9.93 Å². The maximum absolute atomic E-state index is 12.4. The number of aromatic nitrogens is 1. The molecule has 1 aromatic heterocycles. The van der Waals surface area contributed by atoms with Gasteiger partial charge in [-0.25, -0.2) is 9.78 Å². The van der Waals surface area contributed by atoms with Crippen molar-refractivity contribution in [3.05, 3.63) is 47.0 Å². The summed E-state index contributed by atoms with van der Waals surface area (Å²) in [6.45, 7) is 8.30. The van der Waals surface area contributed by atoms with E-state index in [-0.39, 0.29) is 24.7 Å². The molecule has 0 bridgehead atoms. The predicted octanol–water partition coefficient (Wildman–Crippen LogP) is 3.01. The summed E-state index contributed by atoms with van der Waals surface area (Å²) in [7, 11) is 0. The minimum absolute atomic E-state index is 0.148. The average Bonchev–Trinajstić information content (AvgIpc) is 3.13. The van der Waals surface area contributed by atoms with Gasteiger partial charge in [0.2, 0.25) is 5.91 Å². The first-order valence-corrected chi connectivity index (χ1v) is 10.9. The number of carbonyl (C=O) groups is 2. The van der Waals surface area contributed by atoms with Gasteiger partial charge in [-0.15, -0.1) is 11.3 Å². The molecular weight excluding hydrogens is 404 g/mol. The molecule has 1 aliphatic rings. The summed E-state index contributed by atoms with van der Waals surface area (Å²) in [6.07, 6.45) is -0.253. The highest BCUT2D eigenvalue weighted by molar-refractivity contribution is 7.13. The summed E-state index contributed by atoms with van der Waals surface area (Å²) in [5.74, 6) is -0.346. The number of thiazole rings is 1. The van der Waals surface area contributed by atoms with Crippen LogP contribution in [-0.4, -0.2) is 53.2 Å². The molecule has 1 fully saturated rings. The molecule has 3 rings (SSSR count). The molecule has 2 aromatic rings. The highest BCUT2D eigenvalue weighted by Crippen LogP contribution is 2.19. The Kier molecular flexibility index (Phi) is 7.78. The van der Waals surface area contributed by atoms with Crippen LogP contribution in [-0.2, 0) is 27.4 Å². The third-order valence-electron chi connectivity index (χ3n) is 4.60. The molecule has 2 amide bonds.